The van der Waals surface area contributed by atoms with Crippen LogP contribution in [0.5, 0.6) is 5.75 Å². The topological polar surface area (TPSA) is 24.5 Å². The van der Waals surface area contributed by atoms with Gasteiger partial charge in [-0.3, -0.25) is 0 Å². The number of benzene rings is 2. The van der Waals surface area contributed by atoms with Gasteiger partial charge in [0.25, 0.3) is 0 Å². The van der Waals surface area contributed by atoms with E-state index >= 15 is 0 Å². The molecule has 0 fully saturated rings. The SMILES string of the molecule is CC(C)Oc1cccc(CNc2cccc(N(C)C)c2)c1. The van der Waals surface area contributed by atoms with E-state index in [0.29, 0.717) is 0 Å². The summed E-state index contributed by atoms with van der Waals surface area (Å²) in [5.41, 5.74) is 3.52. The summed E-state index contributed by atoms with van der Waals surface area (Å²) in [5.74, 6) is 0.923. The van der Waals surface area contributed by atoms with Crippen LogP contribution in [0.1, 0.15) is 19.4 Å². The van der Waals surface area contributed by atoms with Crippen LogP contribution < -0.4 is 15.0 Å². The third kappa shape index (κ3) is 4.71. The van der Waals surface area contributed by atoms with Crippen molar-refractivity contribution < 1.29 is 4.74 Å². The Bertz CT molecular complexity index is 579. The molecule has 0 atom stereocenters. The maximum atomic E-state index is 5.72. The van der Waals surface area contributed by atoms with Crippen molar-refractivity contribution in [3.63, 3.8) is 0 Å². The molecule has 1 N–H and O–H groups in total. The normalized spacial score (nSPS) is 10.5. The molecule has 3 nitrogen and oxygen atoms in total. The first-order chi connectivity index (χ1) is 10.0. The molecule has 0 aromatic heterocycles. The lowest BCUT2D eigenvalue weighted by atomic mass is 10.2. The molecule has 0 spiro atoms. The van der Waals surface area contributed by atoms with E-state index in [9.17, 15) is 0 Å². The van der Waals surface area contributed by atoms with Crippen LogP contribution in [0.2, 0.25) is 0 Å². The second kappa shape index (κ2) is 7.02. The molecule has 2 aromatic rings. The van der Waals surface area contributed by atoms with E-state index in [1.54, 1.807) is 0 Å². The van der Waals surface area contributed by atoms with Gasteiger partial charge in [0.2, 0.25) is 0 Å². The van der Waals surface area contributed by atoms with Crippen molar-refractivity contribution in [1.82, 2.24) is 0 Å². The Hall–Kier alpha value is -2.16. The molecule has 0 saturated carbocycles. The Morgan fingerprint density at radius 1 is 1.05 bits per heavy atom. The van der Waals surface area contributed by atoms with Crippen molar-refractivity contribution in [3.05, 3.63) is 54.1 Å². The van der Waals surface area contributed by atoms with E-state index in [2.05, 4.69) is 46.6 Å². The van der Waals surface area contributed by atoms with Crippen LogP contribution in [0.3, 0.4) is 0 Å². The van der Waals surface area contributed by atoms with Crippen molar-refractivity contribution in [3.8, 4) is 5.75 Å². The average molecular weight is 284 g/mol. The minimum absolute atomic E-state index is 0.199. The fourth-order valence-electron chi connectivity index (χ4n) is 2.10. The highest BCUT2D eigenvalue weighted by Gasteiger charge is 2.01. The van der Waals surface area contributed by atoms with Gasteiger partial charge >= 0.3 is 0 Å². The number of hydrogen-bond donors (Lipinski definition) is 1. The number of nitrogens with one attached hydrogen (secondary N) is 1. The van der Waals surface area contributed by atoms with E-state index in [0.717, 1.165) is 18.0 Å². The molecule has 0 unspecified atom stereocenters. The molecule has 0 amide bonds. The van der Waals surface area contributed by atoms with E-state index in [-0.39, 0.29) is 6.10 Å². The lowest BCUT2D eigenvalue weighted by molar-refractivity contribution is 0.242. The van der Waals surface area contributed by atoms with Gasteiger partial charge in [-0.2, -0.15) is 0 Å². The van der Waals surface area contributed by atoms with Crippen LogP contribution in [0.25, 0.3) is 0 Å². The smallest absolute Gasteiger partial charge is 0.120 e. The van der Waals surface area contributed by atoms with E-state index in [1.807, 2.05) is 40.1 Å². The van der Waals surface area contributed by atoms with Gasteiger partial charge in [-0.05, 0) is 49.7 Å². The Labute approximate surface area is 127 Å². The van der Waals surface area contributed by atoms with Crippen LogP contribution in [0.15, 0.2) is 48.5 Å². The summed E-state index contributed by atoms with van der Waals surface area (Å²) in [7, 11) is 4.09. The zero-order valence-electron chi connectivity index (χ0n) is 13.3. The molecule has 2 aromatic carbocycles. The first kappa shape index (κ1) is 15.2. The highest BCUT2D eigenvalue weighted by atomic mass is 16.5. The monoisotopic (exact) mass is 284 g/mol. The zero-order chi connectivity index (χ0) is 15.2. The minimum atomic E-state index is 0.199. The van der Waals surface area contributed by atoms with Crippen molar-refractivity contribution in [2.75, 3.05) is 24.3 Å². The van der Waals surface area contributed by atoms with Gasteiger partial charge in [0.05, 0.1) is 6.10 Å². The summed E-state index contributed by atoms with van der Waals surface area (Å²) in [6.45, 7) is 4.86. The van der Waals surface area contributed by atoms with Crippen molar-refractivity contribution in [2.45, 2.75) is 26.5 Å². The quantitative estimate of drug-likeness (QED) is 0.862. The van der Waals surface area contributed by atoms with Gasteiger partial charge in [0.15, 0.2) is 0 Å². The summed E-state index contributed by atoms with van der Waals surface area (Å²) in [6, 6.07) is 16.6. The maximum absolute atomic E-state index is 5.72. The number of nitrogens with zero attached hydrogens (tertiary/aromatic N) is 1. The van der Waals surface area contributed by atoms with Gasteiger partial charge in [-0.15, -0.1) is 0 Å². The van der Waals surface area contributed by atoms with Crippen LogP contribution in [0.4, 0.5) is 11.4 Å². The molecule has 3 heteroatoms. The molecule has 21 heavy (non-hydrogen) atoms. The van der Waals surface area contributed by atoms with Gasteiger partial charge in [-0.25, -0.2) is 0 Å². The van der Waals surface area contributed by atoms with E-state index in [4.69, 9.17) is 4.74 Å². The molecule has 0 radical (unpaired) electrons. The third-order valence-corrected chi connectivity index (χ3v) is 3.13. The summed E-state index contributed by atoms with van der Waals surface area (Å²) in [4.78, 5) is 2.10. The molecular weight excluding hydrogens is 260 g/mol. The van der Waals surface area contributed by atoms with Gasteiger partial charge in [-0.1, -0.05) is 18.2 Å². The molecule has 0 saturated heterocycles. The molecule has 112 valence electrons. The predicted molar refractivity (Wildman–Crippen MR) is 90.3 cm³/mol. The third-order valence-electron chi connectivity index (χ3n) is 3.13. The van der Waals surface area contributed by atoms with Gasteiger partial charge in [0, 0.05) is 32.0 Å². The highest BCUT2D eigenvalue weighted by molar-refractivity contribution is 5.57. The summed E-state index contributed by atoms with van der Waals surface area (Å²) in [5, 5.41) is 3.45. The number of anilines is 2. The molecule has 0 aliphatic carbocycles. The molecule has 2 rings (SSSR count). The fourth-order valence-corrected chi connectivity index (χ4v) is 2.10. The average Bonchev–Trinajstić information content (AvgIpc) is 2.45. The van der Waals surface area contributed by atoms with Gasteiger partial charge in [0.1, 0.15) is 5.75 Å². The van der Waals surface area contributed by atoms with Crippen LogP contribution >= 0.6 is 0 Å². The van der Waals surface area contributed by atoms with Crippen molar-refractivity contribution >= 4 is 11.4 Å². The van der Waals surface area contributed by atoms with Crippen LogP contribution in [-0.2, 0) is 6.54 Å². The standard InChI is InChI=1S/C18H24N2O/c1-14(2)21-18-10-5-7-15(11-18)13-19-16-8-6-9-17(12-16)20(3)4/h5-12,14,19H,13H2,1-4H3. The van der Waals surface area contributed by atoms with Gasteiger partial charge < -0.3 is 15.0 Å². The zero-order valence-corrected chi connectivity index (χ0v) is 13.3. The minimum Gasteiger partial charge on any atom is -0.491 e. The van der Waals surface area contributed by atoms with Crippen LogP contribution in [0, 0.1) is 0 Å². The number of rotatable bonds is 6. The summed E-state index contributed by atoms with van der Waals surface area (Å²) < 4.78 is 5.72. The molecular formula is C18H24N2O. The Morgan fingerprint density at radius 2 is 1.81 bits per heavy atom. The first-order valence-corrected chi connectivity index (χ1v) is 7.31. The van der Waals surface area contributed by atoms with E-state index in [1.165, 1.54) is 11.3 Å². The van der Waals surface area contributed by atoms with Crippen molar-refractivity contribution in [2.24, 2.45) is 0 Å². The van der Waals surface area contributed by atoms with E-state index < -0.39 is 0 Å². The Balaban J connectivity index is 2.01. The molecule has 0 aliphatic rings. The Kier molecular flexibility index (Phi) is 5.09. The highest BCUT2D eigenvalue weighted by Crippen LogP contribution is 2.19. The second-order valence-corrected chi connectivity index (χ2v) is 5.61. The Morgan fingerprint density at radius 3 is 2.52 bits per heavy atom. The largest absolute Gasteiger partial charge is 0.491 e. The predicted octanol–water partition coefficient (Wildman–Crippen LogP) is 4.15. The van der Waals surface area contributed by atoms with Crippen LogP contribution in [-0.4, -0.2) is 20.2 Å². The lowest BCUT2D eigenvalue weighted by Crippen LogP contribution is -2.09. The summed E-state index contributed by atoms with van der Waals surface area (Å²) >= 11 is 0. The van der Waals surface area contributed by atoms with Crippen molar-refractivity contribution in [1.29, 1.82) is 0 Å². The molecule has 0 bridgehead atoms. The maximum Gasteiger partial charge on any atom is 0.120 e. The molecule has 0 heterocycles. The number of hydrogen-bond acceptors (Lipinski definition) is 3. The molecule has 0 aliphatic heterocycles. The fraction of sp³-hybridized carbons (Fsp3) is 0.333. The first-order valence-electron chi connectivity index (χ1n) is 7.31. The number of ether oxygens (including phenoxy) is 1. The lowest BCUT2D eigenvalue weighted by Gasteiger charge is -2.15. The summed E-state index contributed by atoms with van der Waals surface area (Å²) in [6.07, 6.45) is 0.199. The second-order valence-electron chi connectivity index (χ2n) is 5.61.